The van der Waals surface area contributed by atoms with Crippen molar-refractivity contribution in [1.29, 1.82) is 0 Å². The number of amides is 1. The highest BCUT2D eigenvalue weighted by Crippen LogP contribution is 2.34. The molecule has 1 aliphatic rings. The standard InChI is InChI=1S/C16H14ClN5O3/c1-8-4-5-9(6-10(8)17)22-11(23)7-21-12-13(18-15(21)22)19(2)16(25)20(3)14(12)24/h4-6H,7H2,1-3H3. The minimum absolute atomic E-state index is 0.0230. The Morgan fingerprint density at radius 3 is 2.52 bits per heavy atom. The molecule has 0 fully saturated rings. The third-order valence-corrected chi connectivity index (χ3v) is 4.89. The van der Waals surface area contributed by atoms with Gasteiger partial charge in [0.15, 0.2) is 11.2 Å². The molecule has 2 aromatic heterocycles. The van der Waals surface area contributed by atoms with Crippen molar-refractivity contribution in [3.05, 3.63) is 49.6 Å². The largest absolute Gasteiger partial charge is 0.332 e. The minimum Gasteiger partial charge on any atom is -0.294 e. The summed E-state index contributed by atoms with van der Waals surface area (Å²) in [6, 6.07) is 5.26. The van der Waals surface area contributed by atoms with Crippen molar-refractivity contribution in [1.82, 2.24) is 18.7 Å². The molecule has 1 aromatic carbocycles. The molecule has 0 aliphatic carbocycles. The summed E-state index contributed by atoms with van der Waals surface area (Å²) in [5, 5.41) is 0.531. The molecular formula is C16H14ClN5O3. The van der Waals surface area contributed by atoms with Crippen LogP contribution >= 0.6 is 11.6 Å². The topological polar surface area (TPSA) is 82.1 Å². The van der Waals surface area contributed by atoms with E-state index < -0.39 is 11.2 Å². The molecule has 0 unspecified atom stereocenters. The van der Waals surface area contributed by atoms with Crippen LogP contribution in [-0.2, 0) is 25.4 Å². The molecule has 3 heterocycles. The number of halogens is 1. The molecule has 0 saturated heterocycles. The molecule has 0 saturated carbocycles. The summed E-state index contributed by atoms with van der Waals surface area (Å²) in [4.78, 5) is 42.9. The molecule has 25 heavy (non-hydrogen) atoms. The number of hydrogen-bond donors (Lipinski definition) is 0. The van der Waals surface area contributed by atoms with Crippen molar-refractivity contribution in [2.24, 2.45) is 14.1 Å². The molecule has 1 amide bonds. The van der Waals surface area contributed by atoms with Gasteiger partial charge in [0, 0.05) is 19.1 Å². The van der Waals surface area contributed by atoms with Crippen molar-refractivity contribution in [3.63, 3.8) is 0 Å². The van der Waals surface area contributed by atoms with Crippen LogP contribution in [0.5, 0.6) is 0 Å². The number of hydrogen-bond acceptors (Lipinski definition) is 4. The molecule has 9 heteroatoms. The number of aromatic nitrogens is 4. The molecule has 0 bridgehead atoms. The smallest absolute Gasteiger partial charge is 0.294 e. The fourth-order valence-electron chi connectivity index (χ4n) is 3.05. The highest BCUT2D eigenvalue weighted by Gasteiger charge is 2.34. The van der Waals surface area contributed by atoms with Crippen LogP contribution in [0.25, 0.3) is 11.2 Å². The Hall–Kier alpha value is -2.87. The van der Waals surface area contributed by atoms with Gasteiger partial charge in [0.25, 0.3) is 11.5 Å². The number of carbonyl (C=O) groups excluding carboxylic acids is 1. The zero-order valence-corrected chi connectivity index (χ0v) is 14.5. The first-order valence-corrected chi connectivity index (χ1v) is 7.94. The average molecular weight is 360 g/mol. The van der Waals surface area contributed by atoms with Gasteiger partial charge in [0.05, 0.1) is 5.69 Å². The Morgan fingerprint density at radius 2 is 1.84 bits per heavy atom. The van der Waals surface area contributed by atoms with Gasteiger partial charge in [-0.25, -0.2) is 9.69 Å². The van der Waals surface area contributed by atoms with Crippen molar-refractivity contribution < 1.29 is 4.79 Å². The van der Waals surface area contributed by atoms with E-state index in [-0.39, 0.29) is 23.6 Å². The lowest BCUT2D eigenvalue weighted by atomic mass is 10.2. The Labute approximate surface area is 146 Å². The Kier molecular flexibility index (Phi) is 3.17. The summed E-state index contributed by atoms with van der Waals surface area (Å²) < 4.78 is 3.84. The van der Waals surface area contributed by atoms with Crippen LogP contribution in [0.1, 0.15) is 5.56 Å². The van der Waals surface area contributed by atoms with Gasteiger partial charge in [-0.2, -0.15) is 4.98 Å². The number of fused-ring (bicyclic) bond motifs is 3. The van der Waals surface area contributed by atoms with E-state index >= 15 is 0 Å². The van der Waals surface area contributed by atoms with Gasteiger partial charge in [0.1, 0.15) is 6.54 Å². The molecular weight excluding hydrogens is 346 g/mol. The van der Waals surface area contributed by atoms with Gasteiger partial charge in [-0.1, -0.05) is 17.7 Å². The van der Waals surface area contributed by atoms with E-state index in [0.29, 0.717) is 16.7 Å². The molecule has 3 aromatic rings. The number of nitrogens with zero attached hydrogens (tertiary/aromatic N) is 5. The first kappa shape index (κ1) is 15.6. The number of aryl methyl sites for hydroxylation is 2. The van der Waals surface area contributed by atoms with Crippen molar-refractivity contribution >= 4 is 40.3 Å². The van der Waals surface area contributed by atoms with Crippen LogP contribution in [0.2, 0.25) is 5.02 Å². The van der Waals surface area contributed by atoms with Crippen LogP contribution in [0.3, 0.4) is 0 Å². The third-order valence-electron chi connectivity index (χ3n) is 4.48. The third kappa shape index (κ3) is 2.00. The second-order valence-electron chi connectivity index (χ2n) is 6.04. The first-order chi connectivity index (χ1) is 11.8. The summed E-state index contributed by atoms with van der Waals surface area (Å²) in [5.41, 5.74) is 0.991. The molecule has 0 N–H and O–H groups in total. The molecule has 0 spiro atoms. The summed E-state index contributed by atoms with van der Waals surface area (Å²) in [5.74, 6) is 0.0819. The molecule has 0 radical (unpaired) electrons. The van der Waals surface area contributed by atoms with E-state index in [1.807, 2.05) is 13.0 Å². The fraction of sp³-hybridized carbons (Fsp3) is 0.250. The maximum atomic E-state index is 12.5. The normalized spacial score (nSPS) is 13.8. The summed E-state index contributed by atoms with van der Waals surface area (Å²) in [6.45, 7) is 1.84. The molecule has 128 valence electrons. The Balaban J connectivity index is 2.03. The maximum Gasteiger partial charge on any atom is 0.332 e. The van der Waals surface area contributed by atoms with Crippen molar-refractivity contribution in [3.8, 4) is 0 Å². The molecule has 1 aliphatic heterocycles. The van der Waals surface area contributed by atoms with E-state index in [2.05, 4.69) is 4.98 Å². The lowest BCUT2D eigenvalue weighted by Crippen LogP contribution is -2.37. The fourth-order valence-corrected chi connectivity index (χ4v) is 3.23. The lowest BCUT2D eigenvalue weighted by Gasteiger charge is -2.15. The van der Waals surface area contributed by atoms with Crippen LogP contribution in [0.4, 0.5) is 11.6 Å². The number of anilines is 2. The highest BCUT2D eigenvalue weighted by atomic mass is 35.5. The molecule has 0 atom stereocenters. The quantitative estimate of drug-likeness (QED) is 0.651. The summed E-state index contributed by atoms with van der Waals surface area (Å²) in [6.07, 6.45) is 0. The Morgan fingerprint density at radius 1 is 1.12 bits per heavy atom. The Bertz CT molecular complexity index is 1190. The van der Waals surface area contributed by atoms with E-state index in [4.69, 9.17) is 11.6 Å². The second kappa shape index (κ2) is 5.06. The van der Waals surface area contributed by atoms with E-state index in [0.717, 1.165) is 10.1 Å². The highest BCUT2D eigenvalue weighted by molar-refractivity contribution is 6.31. The van der Waals surface area contributed by atoms with Crippen LogP contribution in [0, 0.1) is 6.92 Å². The monoisotopic (exact) mass is 359 g/mol. The van der Waals surface area contributed by atoms with Gasteiger partial charge in [-0.3, -0.25) is 23.3 Å². The maximum absolute atomic E-state index is 12.5. The van der Waals surface area contributed by atoms with Gasteiger partial charge >= 0.3 is 5.69 Å². The zero-order valence-electron chi connectivity index (χ0n) is 13.8. The average Bonchev–Trinajstić information content (AvgIpc) is 3.08. The SMILES string of the molecule is Cc1ccc(N2C(=O)Cn3c2nc2c3c(=O)n(C)c(=O)n2C)cc1Cl. The van der Waals surface area contributed by atoms with Crippen molar-refractivity contribution in [2.75, 3.05) is 4.90 Å². The molecule has 4 rings (SSSR count). The van der Waals surface area contributed by atoms with Gasteiger partial charge in [-0.15, -0.1) is 0 Å². The van der Waals surface area contributed by atoms with E-state index in [1.54, 1.807) is 19.2 Å². The van der Waals surface area contributed by atoms with E-state index in [1.165, 1.54) is 21.1 Å². The predicted octanol–water partition coefficient (Wildman–Crippen LogP) is 1.07. The van der Waals surface area contributed by atoms with Crippen LogP contribution in [-0.4, -0.2) is 24.6 Å². The van der Waals surface area contributed by atoms with Gasteiger partial charge < -0.3 is 0 Å². The first-order valence-electron chi connectivity index (χ1n) is 7.56. The summed E-state index contributed by atoms with van der Waals surface area (Å²) in [7, 11) is 2.94. The lowest BCUT2D eigenvalue weighted by molar-refractivity contribution is -0.117. The number of benzene rings is 1. The van der Waals surface area contributed by atoms with Gasteiger partial charge in [0.2, 0.25) is 5.95 Å². The van der Waals surface area contributed by atoms with Crippen LogP contribution < -0.4 is 16.1 Å². The minimum atomic E-state index is -0.478. The number of imidazole rings is 1. The number of rotatable bonds is 1. The van der Waals surface area contributed by atoms with Crippen molar-refractivity contribution in [2.45, 2.75) is 13.5 Å². The zero-order chi connectivity index (χ0) is 18.0. The second-order valence-corrected chi connectivity index (χ2v) is 6.45. The van der Waals surface area contributed by atoms with E-state index in [9.17, 15) is 14.4 Å². The number of carbonyl (C=O) groups is 1. The predicted molar refractivity (Wildman–Crippen MR) is 93.5 cm³/mol. The van der Waals surface area contributed by atoms with Crippen LogP contribution in [0.15, 0.2) is 27.8 Å². The summed E-state index contributed by atoms with van der Waals surface area (Å²) >= 11 is 6.17. The van der Waals surface area contributed by atoms with Gasteiger partial charge in [-0.05, 0) is 24.6 Å². The molecule has 8 nitrogen and oxygen atoms in total.